The highest BCUT2D eigenvalue weighted by atomic mass is 32.2. The van der Waals surface area contributed by atoms with E-state index in [0.29, 0.717) is 15.4 Å². The van der Waals surface area contributed by atoms with Crippen LogP contribution in [0.1, 0.15) is 13.8 Å². The van der Waals surface area contributed by atoms with Gasteiger partial charge in [0.2, 0.25) is 0 Å². The molecule has 1 unspecified atom stereocenters. The molecule has 0 saturated carbocycles. The van der Waals surface area contributed by atoms with Crippen LogP contribution in [-0.4, -0.2) is 15.2 Å². The molecule has 1 aromatic carbocycles. The van der Waals surface area contributed by atoms with Crippen LogP contribution in [0.5, 0.6) is 5.75 Å². The monoisotopic (exact) mass is 286 g/mol. The fourth-order valence-electron chi connectivity index (χ4n) is 2.27. The fraction of sp³-hybridized carbons (Fsp3) is 0.118. The molecule has 2 nitrogen and oxygen atoms in total. The van der Waals surface area contributed by atoms with Gasteiger partial charge in [0.25, 0.3) is 0 Å². The van der Waals surface area contributed by atoms with E-state index < -0.39 is 9.52 Å². The molecule has 3 heteroatoms. The average Bonchev–Trinajstić information content (AvgIpc) is 2.48. The molecule has 104 valence electrons. The van der Waals surface area contributed by atoms with E-state index in [0.717, 1.165) is 11.1 Å². The van der Waals surface area contributed by atoms with Crippen LogP contribution in [0.25, 0.3) is 0 Å². The van der Waals surface area contributed by atoms with E-state index in [4.69, 9.17) is 0 Å². The lowest BCUT2D eigenvalue weighted by atomic mass is 10.2. The van der Waals surface area contributed by atoms with Crippen LogP contribution in [0, 0.1) is 0 Å². The molecule has 2 rings (SSSR count). The topological polar surface area (TPSA) is 37.3 Å². The molecule has 0 saturated heterocycles. The van der Waals surface area contributed by atoms with E-state index in [1.807, 2.05) is 32.1 Å². The zero-order valence-corrected chi connectivity index (χ0v) is 12.5. The van der Waals surface area contributed by atoms with Gasteiger partial charge in [-0.3, -0.25) is 4.21 Å². The summed E-state index contributed by atoms with van der Waals surface area (Å²) in [5.74, 6) is 4.07. The second kappa shape index (κ2) is 5.17. The fourth-order valence-corrected chi connectivity index (χ4v) is 4.15. The van der Waals surface area contributed by atoms with Gasteiger partial charge in [0.15, 0.2) is 0 Å². The first-order valence-electron chi connectivity index (χ1n) is 6.25. The third kappa shape index (κ3) is 2.63. The highest BCUT2D eigenvalue weighted by Gasteiger charge is 2.19. The van der Waals surface area contributed by atoms with Gasteiger partial charge in [-0.2, -0.15) is 0 Å². The molecule has 20 heavy (non-hydrogen) atoms. The lowest BCUT2D eigenvalue weighted by Crippen LogP contribution is -2.07. The summed E-state index contributed by atoms with van der Waals surface area (Å²) in [6.07, 6.45) is 5.79. The minimum absolute atomic E-state index is 0.144. The summed E-state index contributed by atoms with van der Waals surface area (Å²) in [4.78, 5) is 1.25. The van der Waals surface area contributed by atoms with Crippen LogP contribution < -0.4 is 0 Å². The van der Waals surface area contributed by atoms with Crippen molar-refractivity contribution in [3.05, 3.63) is 70.7 Å². The number of phenols is 1. The summed E-state index contributed by atoms with van der Waals surface area (Å²) in [7, 11) is -2.65. The third-order valence-corrected chi connectivity index (χ3v) is 5.47. The summed E-state index contributed by atoms with van der Waals surface area (Å²) in [6, 6.07) is 6.33. The molecule has 1 aliphatic carbocycles. The Balaban J connectivity index is 2.64. The SMILES string of the molecule is C=C1C=CC(C)=CC(C)=C1S(=C)(=O)c1ccc(O)cc1. The molecule has 1 N–H and O–H groups in total. The van der Waals surface area contributed by atoms with Crippen molar-refractivity contribution in [2.24, 2.45) is 0 Å². The first kappa shape index (κ1) is 14.4. The van der Waals surface area contributed by atoms with E-state index in [1.165, 1.54) is 12.1 Å². The largest absolute Gasteiger partial charge is 0.508 e. The summed E-state index contributed by atoms with van der Waals surface area (Å²) in [5, 5.41) is 9.35. The van der Waals surface area contributed by atoms with E-state index >= 15 is 0 Å². The second-order valence-corrected chi connectivity index (χ2v) is 7.16. The standard InChI is InChI=1S/C17H18O2S/c1-12-5-6-13(2)17(14(3)11-12)20(4,19)16-9-7-15(18)8-10-16/h5-11,18H,2,4H2,1,3H3. The van der Waals surface area contributed by atoms with Crippen molar-refractivity contribution in [2.45, 2.75) is 18.7 Å². The number of hydrogen-bond acceptors (Lipinski definition) is 2. The zero-order chi connectivity index (χ0) is 14.9. The van der Waals surface area contributed by atoms with Gasteiger partial charge < -0.3 is 5.11 Å². The van der Waals surface area contributed by atoms with Crippen LogP contribution in [0.2, 0.25) is 0 Å². The number of rotatable bonds is 2. The molecular weight excluding hydrogens is 268 g/mol. The Hall–Kier alpha value is -2.00. The molecule has 0 fully saturated rings. The number of hydrogen-bond donors (Lipinski definition) is 1. The molecule has 0 amide bonds. The maximum absolute atomic E-state index is 13.2. The number of allylic oxidation sites excluding steroid dienone is 6. The highest BCUT2D eigenvalue weighted by Crippen LogP contribution is 2.31. The normalized spacial score (nSPS) is 18.5. The molecule has 1 atom stereocenters. The first-order chi connectivity index (χ1) is 9.32. The molecule has 0 heterocycles. The van der Waals surface area contributed by atoms with E-state index in [1.54, 1.807) is 12.1 Å². The lowest BCUT2D eigenvalue weighted by molar-refractivity contribution is 0.475. The molecule has 0 radical (unpaired) electrons. The highest BCUT2D eigenvalue weighted by molar-refractivity contribution is 8.04. The molecule has 0 aliphatic heterocycles. The van der Waals surface area contributed by atoms with Crippen molar-refractivity contribution in [3.63, 3.8) is 0 Å². The second-order valence-electron chi connectivity index (χ2n) is 4.93. The van der Waals surface area contributed by atoms with Crippen LogP contribution >= 0.6 is 0 Å². The van der Waals surface area contributed by atoms with Crippen molar-refractivity contribution in [2.75, 3.05) is 0 Å². The molecule has 0 aromatic heterocycles. The van der Waals surface area contributed by atoms with Gasteiger partial charge in [0.1, 0.15) is 5.75 Å². The summed E-state index contributed by atoms with van der Waals surface area (Å²) in [6.45, 7) is 7.91. The zero-order valence-electron chi connectivity index (χ0n) is 11.7. The van der Waals surface area contributed by atoms with Crippen LogP contribution in [-0.2, 0) is 9.52 Å². The Morgan fingerprint density at radius 3 is 2.30 bits per heavy atom. The predicted octanol–water partition coefficient (Wildman–Crippen LogP) is 3.81. The Morgan fingerprint density at radius 1 is 1.10 bits per heavy atom. The Labute approximate surface area is 120 Å². The van der Waals surface area contributed by atoms with E-state index in [-0.39, 0.29) is 5.75 Å². The van der Waals surface area contributed by atoms with Crippen LogP contribution in [0.4, 0.5) is 0 Å². The van der Waals surface area contributed by atoms with E-state index in [2.05, 4.69) is 12.4 Å². The third-order valence-electron chi connectivity index (χ3n) is 3.19. The molecule has 1 aliphatic rings. The molecule has 0 spiro atoms. The van der Waals surface area contributed by atoms with Gasteiger partial charge in [0, 0.05) is 19.3 Å². The minimum atomic E-state index is -2.65. The van der Waals surface area contributed by atoms with Crippen molar-refractivity contribution < 1.29 is 9.32 Å². The predicted molar refractivity (Wildman–Crippen MR) is 86.4 cm³/mol. The molecular formula is C17H18O2S. The van der Waals surface area contributed by atoms with Crippen LogP contribution in [0.3, 0.4) is 0 Å². The number of benzene rings is 1. The van der Waals surface area contributed by atoms with E-state index in [9.17, 15) is 9.32 Å². The smallest absolute Gasteiger partial charge is 0.115 e. The minimum Gasteiger partial charge on any atom is -0.508 e. The average molecular weight is 286 g/mol. The van der Waals surface area contributed by atoms with Crippen molar-refractivity contribution in [1.29, 1.82) is 0 Å². The van der Waals surface area contributed by atoms with Crippen LogP contribution in [0.15, 0.2) is 75.6 Å². The van der Waals surface area contributed by atoms with Crippen molar-refractivity contribution in [1.82, 2.24) is 0 Å². The van der Waals surface area contributed by atoms with Gasteiger partial charge in [0.05, 0.1) is 0 Å². The summed E-state index contributed by atoms with van der Waals surface area (Å²) >= 11 is 0. The maximum atomic E-state index is 13.2. The van der Waals surface area contributed by atoms with Crippen molar-refractivity contribution >= 4 is 15.4 Å². The van der Waals surface area contributed by atoms with Gasteiger partial charge >= 0.3 is 0 Å². The Kier molecular flexibility index (Phi) is 3.73. The Morgan fingerprint density at radius 2 is 1.70 bits per heavy atom. The Bertz CT molecular complexity index is 743. The van der Waals surface area contributed by atoms with Gasteiger partial charge in [-0.1, -0.05) is 30.4 Å². The van der Waals surface area contributed by atoms with Crippen molar-refractivity contribution in [3.8, 4) is 5.75 Å². The van der Waals surface area contributed by atoms with Gasteiger partial charge in [-0.15, -0.1) is 0 Å². The number of phenolic OH excluding ortho intramolecular Hbond substituents is 1. The first-order valence-corrected chi connectivity index (χ1v) is 7.98. The molecule has 0 bridgehead atoms. The van der Waals surface area contributed by atoms with Gasteiger partial charge in [-0.25, -0.2) is 0 Å². The molecule has 1 aromatic rings. The lowest BCUT2D eigenvalue weighted by Gasteiger charge is -2.16. The quantitative estimate of drug-likeness (QED) is 0.839. The summed E-state index contributed by atoms with van der Waals surface area (Å²) in [5.41, 5.74) is 2.70. The number of aromatic hydroxyl groups is 1. The summed E-state index contributed by atoms with van der Waals surface area (Å²) < 4.78 is 13.2. The van der Waals surface area contributed by atoms with Gasteiger partial charge in [-0.05, 0) is 55.1 Å². The maximum Gasteiger partial charge on any atom is 0.115 e.